The van der Waals surface area contributed by atoms with Crippen molar-refractivity contribution in [1.82, 2.24) is 0 Å². The molecule has 1 aliphatic heterocycles. The zero-order valence-corrected chi connectivity index (χ0v) is 22.4. The number of halogens is 1. The summed E-state index contributed by atoms with van der Waals surface area (Å²) in [7, 11) is 0. The summed E-state index contributed by atoms with van der Waals surface area (Å²) in [5.74, 6) is -3.34. The molecule has 0 saturated carbocycles. The highest BCUT2D eigenvalue weighted by atomic mass is 35.5. The monoisotopic (exact) mass is 562 g/mol. The van der Waals surface area contributed by atoms with Crippen LogP contribution in [-0.2, 0) is 19.1 Å². The molecule has 0 radical (unpaired) electrons. The Kier molecular flexibility index (Phi) is 5.98. The van der Waals surface area contributed by atoms with Crippen molar-refractivity contribution in [2.75, 3.05) is 16.8 Å². The predicted molar refractivity (Wildman–Crippen MR) is 153 cm³/mol. The number of carbonyl (C=O) groups is 4. The third-order valence-corrected chi connectivity index (χ3v) is 8.60. The van der Waals surface area contributed by atoms with Crippen LogP contribution < -0.4 is 10.2 Å². The highest BCUT2D eigenvalue weighted by Gasteiger charge is 2.61. The van der Waals surface area contributed by atoms with Crippen LogP contribution in [0.2, 0.25) is 5.02 Å². The van der Waals surface area contributed by atoms with E-state index in [4.69, 9.17) is 16.3 Å². The lowest BCUT2D eigenvalue weighted by molar-refractivity contribution is -0.122. The Balaban J connectivity index is 1.14. The molecule has 1 heterocycles. The smallest absolute Gasteiger partial charge is 0.338 e. The maximum absolute atomic E-state index is 14.0. The van der Waals surface area contributed by atoms with E-state index in [2.05, 4.69) is 29.6 Å². The van der Waals surface area contributed by atoms with Gasteiger partial charge in [-0.25, -0.2) is 9.69 Å². The molecule has 4 aromatic rings. The zero-order chi connectivity index (χ0) is 28.2. The van der Waals surface area contributed by atoms with E-state index in [1.54, 1.807) is 36.4 Å². The molecule has 41 heavy (non-hydrogen) atoms. The molecule has 0 spiro atoms. The van der Waals surface area contributed by atoms with Crippen molar-refractivity contribution in [3.05, 3.63) is 130 Å². The average Bonchev–Trinajstić information content (AvgIpc) is 3.27. The molecule has 7 nitrogen and oxygen atoms in total. The van der Waals surface area contributed by atoms with Crippen LogP contribution in [-0.4, -0.2) is 30.3 Å². The molecule has 4 aromatic carbocycles. The number of nitrogens with zero attached hydrogens (tertiary/aromatic N) is 1. The number of rotatable bonds is 5. The standard InChI is InChI=1S/C33H23ClN2O5/c34-24-14-5-6-15-25(24)35-26(37)17-41-33(40)18-8-7-9-19(16-18)36-31(38)29-27-20-10-1-2-11-21(20)28(30(29)32(36)39)23-13-4-3-12-22(23)27/h1-16,27-30H,17H2,(H,35,37)/t27?,28?,29-,30-/m0/s1. The van der Waals surface area contributed by atoms with Crippen molar-refractivity contribution in [2.24, 2.45) is 11.8 Å². The van der Waals surface area contributed by atoms with Crippen LogP contribution >= 0.6 is 11.6 Å². The summed E-state index contributed by atoms with van der Waals surface area (Å²) in [6.07, 6.45) is 0. The van der Waals surface area contributed by atoms with Gasteiger partial charge in [-0.2, -0.15) is 0 Å². The van der Waals surface area contributed by atoms with Gasteiger partial charge in [0.1, 0.15) is 0 Å². The van der Waals surface area contributed by atoms with E-state index in [1.165, 1.54) is 17.0 Å². The second-order valence-electron chi connectivity index (χ2n) is 10.4. The van der Waals surface area contributed by atoms with Crippen LogP contribution in [0.1, 0.15) is 44.4 Å². The third-order valence-electron chi connectivity index (χ3n) is 8.27. The fraction of sp³-hybridized carbons (Fsp3) is 0.152. The number of esters is 1. The summed E-state index contributed by atoms with van der Waals surface area (Å²) in [5, 5.41) is 2.96. The number of amides is 3. The molecule has 4 aliphatic rings. The van der Waals surface area contributed by atoms with Crippen molar-refractivity contribution in [2.45, 2.75) is 11.8 Å². The van der Waals surface area contributed by atoms with Gasteiger partial charge < -0.3 is 10.1 Å². The largest absolute Gasteiger partial charge is 0.452 e. The molecule has 202 valence electrons. The Morgan fingerprint density at radius 3 is 1.83 bits per heavy atom. The quantitative estimate of drug-likeness (QED) is 0.255. The molecule has 1 fully saturated rings. The summed E-state index contributed by atoms with van der Waals surface area (Å²) < 4.78 is 5.21. The van der Waals surface area contributed by atoms with Gasteiger partial charge in [0.25, 0.3) is 5.91 Å². The van der Waals surface area contributed by atoms with E-state index in [0.29, 0.717) is 16.4 Å². The third kappa shape index (κ3) is 3.96. The van der Waals surface area contributed by atoms with Crippen molar-refractivity contribution in [1.29, 1.82) is 0 Å². The Labute approximate surface area is 240 Å². The number of hydrogen-bond acceptors (Lipinski definition) is 5. The number of para-hydroxylation sites is 1. The number of benzene rings is 4. The maximum Gasteiger partial charge on any atom is 0.338 e. The first kappa shape index (κ1) is 25.2. The minimum Gasteiger partial charge on any atom is -0.452 e. The van der Waals surface area contributed by atoms with Gasteiger partial charge in [0, 0.05) is 11.8 Å². The number of nitrogens with one attached hydrogen (secondary N) is 1. The molecule has 1 saturated heterocycles. The number of anilines is 2. The molecule has 3 aliphatic carbocycles. The van der Waals surface area contributed by atoms with E-state index in [0.717, 1.165) is 22.3 Å². The second kappa shape index (κ2) is 9.71. The van der Waals surface area contributed by atoms with Crippen LogP contribution in [0.5, 0.6) is 0 Å². The first-order valence-electron chi connectivity index (χ1n) is 13.3. The van der Waals surface area contributed by atoms with Crippen molar-refractivity contribution in [3.63, 3.8) is 0 Å². The van der Waals surface area contributed by atoms with Gasteiger partial charge in [-0.1, -0.05) is 78.3 Å². The summed E-state index contributed by atoms with van der Waals surface area (Å²) in [6.45, 7) is -0.528. The Hall–Kier alpha value is -4.75. The lowest BCUT2D eigenvalue weighted by Crippen LogP contribution is -2.41. The van der Waals surface area contributed by atoms with Crippen LogP contribution in [0.25, 0.3) is 0 Å². The lowest BCUT2D eigenvalue weighted by Gasteiger charge is -2.45. The Morgan fingerprint density at radius 2 is 1.27 bits per heavy atom. The molecule has 8 rings (SSSR count). The first-order valence-corrected chi connectivity index (χ1v) is 13.7. The average molecular weight is 563 g/mol. The SMILES string of the molecule is O=C(COC(=O)c1cccc(N2C(=O)[C@H]3C4c5ccccc5C(c5ccccc54)[C@@H]3C2=O)c1)Nc1ccccc1Cl. The molecule has 2 atom stereocenters. The summed E-state index contributed by atoms with van der Waals surface area (Å²) in [4.78, 5) is 54.3. The predicted octanol–water partition coefficient (Wildman–Crippen LogP) is 5.53. The van der Waals surface area contributed by atoms with Gasteiger partial charge >= 0.3 is 5.97 Å². The maximum atomic E-state index is 14.0. The molecular weight excluding hydrogens is 540 g/mol. The molecule has 3 amide bonds. The summed E-state index contributed by atoms with van der Waals surface area (Å²) in [5.41, 5.74) is 5.19. The zero-order valence-electron chi connectivity index (χ0n) is 21.6. The highest BCUT2D eigenvalue weighted by Crippen LogP contribution is 2.61. The summed E-state index contributed by atoms with van der Waals surface area (Å²) in [6, 6.07) is 29.0. The fourth-order valence-corrected chi connectivity index (χ4v) is 6.85. The molecule has 8 heteroatoms. The van der Waals surface area contributed by atoms with Gasteiger partial charge in [-0.3, -0.25) is 14.4 Å². The van der Waals surface area contributed by atoms with Crippen LogP contribution in [0.4, 0.5) is 11.4 Å². The van der Waals surface area contributed by atoms with Crippen LogP contribution in [0.15, 0.2) is 97.1 Å². The van der Waals surface area contributed by atoms with Gasteiger partial charge in [-0.15, -0.1) is 0 Å². The Morgan fingerprint density at radius 1 is 0.732 bits per heavy atom. The van der Waals surface area contributed by atoms with Gasteiger partial charge in [0.2, 0.25) is 11.8 Å². The molecule has 1 N–H and O–H groups in total. The number of hydrogen-bond donors (Lipinski definition) is 1. The summed E-state index contributed by atoms with van der Waals surface area (Å²) >= 11 is 6.07. The number of carbonyl (C=O) groups excluding carboxylic acids is 4. The van der Waals surface area contributed by atoms with E-state index in [-0.39, 0.29) is 29.2 Å². The highest BCUT2D eigenvalue weighted by molar-refractivity contribution is 6.33. The molecule has 2 bridgehead atoms. The minimum absolute atomic E-state index is 0.123. The van der Waals surface area contributed by atoms with E-state index in [1.807, 2.05) is 24.3 Å². The van der Waals surface area contributed by atoms with E-state index in [9.17, 15) is 19.2 Å². The fourth-order valence-electron chi connectivity index (χ4n) is 6.67. The second-order valence-corrected chi connectivity index (χ2v) is 10.8. The normalized spacial score (nSPS) is 21.6. The van der Waals surface area contributed by atoms with E-state index < -0.39 is 30.3 Å². The van der Waals surface area contributed by atoms with Gasteiger partial charge in [-0.05, 0) is 52.6 Å². The number of imide groups is 1. The Bertz CT molecular complexity index is 1650. The van der Waals surface area contributed by atoms with Gasteiger partial charge in [0.15, 0.2) is 6.61 Å². The van der Waals surface area contributed by atoms with Crippen molar-refractivity contribution < 1.29 is 23.9 Å². The van der Waals surface area contributed by atoms with Crippen molar-refractivity contribution >= 4 is 46.7 Å². The minimum atomic E-state index is -0.752. The van der Waals surface area contributed by atoms with Crippen molar-refractivity contribution in [3.8, 4) is 0 Å². The first-order chi connectivity index (χ1) is 19.9. The number of ether oxygens (including phenoxy) is 1. The molecule has 0 unspecified atom stereocenters. The topological polar surface area (TPSA) is 92.8 Å². The van der Waals surface area contributed by atoms with Crippen LogP contribution in [0, 0.1) is 11.8 Å². The van der Waals surface area contributed by atoms with Gasteiger partial charge in [0.05, 0.1) is 33.8 Å². The molecule has 0 aromatic heterocycles. The van der Waals surface area contributed by atoms with Crippen LogP contribution in [0.3, 0.4) is 0 Å². The van der Waals surface area contributed by atoms with E-state index >= 15 is 0 Å². The molecular formula is C33H23ClN2O5. The lowest BCUT2D eigenvalue weighted by atomic mass is 9.55.